The fourth-order valence-electron chi connectivity index (χ4n) is 1.26. The molecule has 0 amide bonds. The van der Waals surface area contributed by atoms with Gasteiger partial charge in [0.15, 0.2) is 0 Å². The lowest BCUT2D eigenvalue weighted by Crippen LogP contribution is -2.29. The summed E-state index contributed by atoms with van der Waals surface area (Å²) in [7, 11) is -0.784. The molecule has 1 aromatic heterocycles. The van der Waals surface area contributed by atoms with Crippen LogP contribution < -0.4 is 5.32 Å². The first kappa shape index (κ1) is 13.5. The van der Waals surface area contributed by atoms with E-state index in [0.717, 1.165) is 17.9 Å². The van der Waals surface area contributed by atoms with Gasteiger partial charge < -0.3 is 9.73 Å². The summed E-state index contributed by atoms with van der Waals surface area (Å²) in [6.45, 7) is 9.48. The first-order valence-electron chi connectivity index (χ1n) is 5.53. The zero-order valence-electron chi connectivity index (χ0n) is 10.5. The van der Waals surface area contributed by atoms with Crippen LogP contribution in [0.3, 0.4) is 0 Å². The van der Waals surface area contributed by atoms with Crippen LogP contribution in [0.1, 0.15) is 32.1 Å². The molecule has 1 N–H and O–H groups in total. The van der Waals surface area contributed by atoms with E-state index in [1.165, 1.54) is 0 Å². The van der Waals surface area contributed by atoms with E-state index in [1.54, 1.807) is 6.26 Å². The van der Waals surface area contributed by atoms with Gasteiger partial charge in [-0.1, -0.05) is 0 Å². The smallest absolute Gasteiger partial charge is 0.120 e. The van der Waals surface area contributed by atoms with Gasteiger partial charge in [0.2, 0.25) is 0 Å². The summed E-state index contributed by atoms with van der Waals surface area (Å²) in [5.41, 5.74) is 1.16. The molecule has 0 saturated carbocycles. The van der Waals surface area contributed by atoms with E-state index in [4.69, 9.17) is 4.42 Å². The zero-order chi connectivity index (χ0) is 12.2. The topological polar surface area (TPSA) is 42.2 Å². The van der Waals surface area contributed by atoms with Gasteiger partial charge >= 0.3 is 0 Å². The maximum absolute atomic E-state index is 11.7. The monoisotopic (exact) mass is 243 g/mol. The van der Waals surface area contributed by atoms with Gasteiger partial charge in [0.05, 0.1) is 12.8 Å². The SMILES string of the molecule is Cc1ccoc1CNCCS(=O)C(C)(C)C. The Balaban J connectivity index is 2.23. The number of hydrogen-bond donors (Lipinski definition) is 1. The molecule has 1 aromatic rings. The van der Waals surface area contributed by atoms with Crippen LogP contribution in [-0.2, 0) is 17.3 Å². The molecule has 0 fully saturated rings. The summed E-state index contributed by atoms with van der Waals surface area (Å²) < 4.78 is 16.9. The van der Waals surface area contributed by atoms with Gasteiger partial charge in [-0.05, 0) is 39.3 Å². The average Bonchev–Trinajstić information content (AvgIpc) is 2.57. The summed E-state index contributed by atoms with van der Waals surface area (Å²) >= 11 is 0. The molecule has 0 aliphatic carbocycles. The van der Waals surface area contributed by atoms with Crippen LogP contribution >= 0.6 is 0 Å². The lowest BCUT2D eigenvalue weighted by Gasteiger charge is -2.17. The summed E-state index contributed by atoms with van der Waals surface area (Å²) in [4.78, 5) is 0. The summed E-state index contributed by atoms with van der Waals surface area (Å²) in [5, 5.41) is 3.24. The second kappa shape index (κ2) is 5.64. The van der Waals surface area contributed by atoms with Crippen molar-refractivity contribution in [1.29, 1.82) is 0 Å². The highest BCUT2D eigenvalue weighted by molar-refractivity contribution is 7.86. The molecular weight excluding hydrogens is 222 g/mol. The fourth-order valence-corrected chi connectivity index (χ4v) is 2.20. The molecule has 1 unspecified atom stereocenters. The first-order chi connectivity index (χ1) is 7.41. The predicted octanol–water partition coefficient (Wildman–Crippen LogP) is 2.22. The van der Waals surface area contributed by atoms with E-state index in [-0.39, 0.29) is 4.75 Å². The predicted molar refractivity (Wildman–Crippen MR) is 67.9 cm³/mol. The molecule has 16 heavy (non-hydrogen) atoms. The van der Waals surface area contributed by atoms with Crippen molar-refractivity contribution in [2.45, 2.75) is 39.0 Å². The quantitative estimate of drug-likeness (QED) is 0.806. The van der Waals surface area contributed by atoms with Crippen molar-refractivity contribution in [2.75, 3.05) is 12.3 Å². The number of furan rings is 1. The van der Waals surface area contributed by atoms with Crippen molar-refractivity contribution in [3.8, 4) is 0 Å². The molecule has 0 aromatic carbocycles. The van der Waals surface area contributed by atoms with Crippen LogP contribution in [-0.4, -0.2) is 21.3 Å². The molecule has 1 heterocycles. The third-order valence-electron chi connectivity index (χ3n) is 2.40. The van der Waals surface area contributed by atoms with Crippen LogP contribution in [0.15, 0.2) is 16.7 Å². The Morgan fingerprint density at radius 1 is 1.44 bits per heavy atom. The normalized spacial score (nSPS) is 14.0. The molecule has 1 atom stereocenters. The van der Waals surface area contributed by atoms with Crippen molar-refractivity contribution in [3.05, 3.63) is 23.7 Å². The third kappa shape index (κ3) is 4.10. The number of hydrogen-bond acceptors (Lipinski definition) is 3. The van der Waals surface area contributed by atoms with Crippen LogP contribution in [0.2, 0.25) is 0 Å². The summed E-state index contributed by atoms with van der Waals surface area (Å²) in [6.07, 6.45) is 1.69. The molecule has 3 nitrogen and oxygen atoms in total. The van der Waals surface area contributed by atoms with Crippen LogP contribution in [0.5, 0.6) is 0 Å². The van der Waals surface area contributed by atoms with Crippen LogP contribution in [0, 0.1) is 6.92 Å². The number of aryl methyl sites for hydroxylation is 1. The second-order valence-electron chi connectivity index (χ2n) is 4.87. The summed E-state index contributed by atoms with van der Waals surface area (Å²) in [6, 6.07) is 1.95. The molecule has 4 heteroatoms. The molecular formula is C12H21NO2S. The molecule has 0 aliphatic heterocycles. The maximum atomic E-state index is 11.7. The van der Waals surface area contributed by atoms with E-state index < -0.39 is 10.8 Å². The fraction of sp³-hybridized carbons (Fsp3) is 0.667. The minimum atomic E-state index is -0.784. The lowest BCUT2D eigenvalue weighted by atomic mass is 10.3. The molecule has 1 rings (SSSR count). The molecule has 0 spiro atoms. The van der Waals surface area contributed by atoms with Crippen molar-refractivity contribution in [3.63, 3.8) is 0 Å². The zero-order valence-corrected chi connectivity index (χ0v) is 11.3. The van der Waals surface area contributed by atoms with Gasteiger partial charge in [-0.25, -0.2) is 0 Å². The highest BCUT2D eigenvalue weighted by atomic mass is 32.2. The highest BCUT2D eigenvalue weighted by Crippen LogP contribution is 2.11. The number of nitrogens with one attached hydrogen (secondary N) is 1. The maximum Gasteiger partial charge on any atom is 0.120 e. The van der Waals surface area contributed by atoms with Gasteiger partial charge in [0.1, 0.15) is 5.76 Å². The van der Waals surface area contributed by atoms with Crippen molar-refractivity contribution in [2.24, 2.45) is 0 Å². The second-order valence-corrected chi connectivity index (χ2v) is 7.19. The van der Waals surface area contributed by atoms with Crippen LogP contribution in [0.25, 0.3) is 0 Å². The van der Waals surface area contributed by atoms with E-state index in [9.17, 15) is 4.21 Å². The first-order valence-corrected chi connectivity index (χ1v) is 6.85. The Hall–Kier alpha value is -0.610. The molecule has 0 aliphatic rings. The average molecular weight is 243 g/mol. The lowest BCUT2D eigenvalue weighted by molar-refractivity contribution is 0.484. The van der Waals surface area contributed by atoms with Gasteiger partial charge in [0, 0.05) is 27.8 Å². The van der Waals surface area contributed by atoms with Crippen molar-refractivity contribution < 1.29 is 8.63 Å². The largest absolute Gasteiger partial charge is 0.468 e. The number of rotatable bonds is 5. The van der Waals surface area contributed by atoms with Crippen molar-refractivity contribution in [1.82, 2.24) is 5.32 Å². The summed E-state index contributed by atoms with van der Waals surface area (Å²) in [5.74, 6) is 1.64. The van der Waals surface area contributed by atoms with Gasteiger partial charge in [-0.3, -0.25) is 4.21 Å². The molecule has 0 radical (unpaired) electrons. The standard InChI is InChI=1S/C12H21NO2S/c1-10-5-7-15-11(10)9-13-6-8-16(14)12(2,3)4/h5,7,13H,6,8-9H2,1-4H3. The minimum Gasteiger partial charge on any atom is -0.468 e. The van der Waals surface area contributed by atoms with Crippen molar-refractivity contribution >= 4 is 10.8 Å². The molecule has 0 saturated heterocycles. The molecule has 92 valence electrons. The highest BCUT2D eigenvalue weighted by Gasteiger charge is 2.18. The van der Waals surface area contributed by atoms with E-state index in [2.05, 4.69) is 5.32 Å². The van der Waals surface area contributed by atoms with E-state index in [0.29, 0.717) is 12.3 Å². The Labute approximate surface area is 100 Å². The Kier molecular flexibility index (Phi) is 4.74. The van der Waals surface area contributed by atoms with Gasteiger partial charge in [-0.15, -0.1) is 0 Å². The minimum absolute atomic E-state index is 0.123. The van der Waals surface area contributed by atoms with E-state index in [1.807, 2.05) is 33.8 Å². The Morgan fingerprint density at radius 2 is 2.12 bits per heavy atom. The third-order valence-corrected chi connectivity index (χ3v) is 4.34. The Bertz CT molecular complexity index is 352. The van der Waals surface area contributed by atoms with E-state index >= 15 is 0 Å². The molecule has 0 bridgehead atoms. The Morgan fingerprint density at radius 3 is 2.62 bits per heavy atom. The van der Waals surface area contributed by atoms with Gasteiger partial charge in [0.25, 0.3) is 0 Å². The van der Waals surface area contributed by atoms with Crippen LogP contribution in [0.4, 0.5) is 0 Å². The van der Waals surface area contributed by atoms with Gasteiger partial charge in [-0.2, -0.15) is 0 Å².